The molecule has 2 amide bonds. The first-order chi connectivity index (χ1) is 14.2. The predicted octanol–water partition coefficient (Wildman–Crippen LogP) is 2.58. The van der Waals surface area contributed by atoms with Gasteiger partial charge in [0.05, 0.1) is 12.3 Å². The van der Waals surface area contributed by atoms with Gasteiger partial charge in [0.1, 0.15) is 0 Å². The zero-order valence-corrected chi connectivity index (χ0v) is 16.5. The van der Waals surface area contributed by atoms with Crippen LogP contribution in [0.1, 0.15) is 18.4 Å². The fraction of sp³-hybridized carbons (Fsp3) is 0.250. The number of thioether (sulfide) groups is 1. The minimum Gasteiger partial charge on any atom is -0.325 e. The van der Waals surface area contributed by atoms with Gasteiger partial charge in [-0.2, -0.15) is 0 Å². The molecule has 3 aromatic rings. The Bertz CT molecular complexity index is 1010. The Kier molecular flexibility index (Phi) is 5.85. The zero-order chi connectivity index (χ0) is 20.1. The van der Waals surface area contributed by atoms with Gasteiger partial charge < -0.3 is 10.2 Å². The van der Waals surface area contributed by atoms with Crippen LogP contribution in [0.3, 0.4) is 0 Å². The number of nitrogens with zero attached hydrogens (tertiary/aromatic N) is 5. The van der Waals surface area contributed by atoms with Crippen LogP contribution in [0.4, 0.5) is 11.4 Å². The normalized spacial score (nSPS) is 13.7. The van der Waals surface area contributed by atoms with Gasteiger partial charge in [-0.1, -0.05) is 48.2 Å². The maximum absolute atomic E-state index is 12.4. The molecular weight excluding hydrogens is 388 g/mol. The van der Waals surface area contributed by atoms with Crippen LogP contribution < -0.4 is 10.2 Å². The average molecular weight is 408 g/mol. The number of aromatic nitrogens is 4. The van der Waals surface area contributed by atoms with Crippen LogP contribution in [0.5, 0.6) is 0 Å². The van der Waals surface area contributed by atoms with Crippen molar-refractivity contribution in [1.82, 2.24) is 20.2 Å². The Morgan fingerprint density at radius 1 is 1.14 bits per heavy atom. The summed E-state index contributed by atoms with van der Waals surface area (Å²) in [5.74, 6) is 0.144. The maximum Gasteiger partial charge on any atom is 0.234 e. The summed E-state index contributed by atoms with van der Waals surface area (Å²) >= 11 is 1.28. The summed E-state index contributed by atoms with van der Waals surface area (Å²) < 4.78 is 1.67. The van der Waals surface area contributed by atoms with Crippen LogP contribution in [0, 0.1) is 0 Å². The van der Waals surface area contributed by atoms with E-state index in [-0.39, 0.29) is 17.6 Å². The van der Waals surface area contributed by atoms with Crippen molar-refractivity contribution in [2.45, 2.75) is 24.5 Å². The molecule has 8 nitrogen and oxygen atoms in total. The number of carbonyl (C=O) groups excluding carboxylic acids is 2. The van der Waals surface area contributed by atoms with Gasteiger partial charge in [-0.3, -0.25) is 9.59 Å². The van der Waals surface area contributed by atoms with Gasteiger partial charge in [-0.15, -0.1) is 5.10 Å². The van der Waals surface area contributed by atoms with Crippen LogP contribution in [0.25, 0.3) is 0 Å². The van der Waals surface area contributed by atoms with E-state index < -0.39 is 0 Å². The monoisotopic (exact) mass is 408 g/mol. The molecule has 29 heavy (non-hydrogen) atoms. The molecule has 0 aliphatic carbocycles. The quantitative estimate of drug-likeness (QED) is 0.604. The Hall–Kier alpha value is -3.20. The van der Waals surface area contributed by atoms with Crippen LogP contribution in [0.15, 0.2) is 59.8 Å². The second-order valence-electron chi connectivity index (χ2n) is 6.64. The molecule has 148 valence electrons. The fourth-order valence-corrected chi connectivity index (χ4v) is 3.83. The number of anilines is 2. The second kappa shape index (κ2) is 8.87. The number of tetrazole rings is 1. The lowest BCUT2D eigenvalue weighted by atomic mass is 10.2. The molecule has 1 fully saturated rings. The number of benzene rings is 2. The Labute approximate surface area is 172 Å². The summed E-state index contributed by atoms with van der Waals surface area (Å²) in [5.41, 5.74) is 2.56. The van der Waals surface area contributed by atoms with Crippen molar-refractivity contribution in [3.05, 3.63) is 60.2 Å². The van der Waals surface area contributed by atoms with E-state index in [9.17, 15) is 9.59 Å². The molecule has 9 heteroatoms. The van der Waals surface area contributed by atoms with Crippen LogP contribution in [-0.2, 0) is 16.1 Å². The van der Waals surface area contributed by atoms with Crippen molar-refractivity contribution < 1.29 is 9.59 Å². The number of hydrogen-bond donors (Lipinski definition) is 1. The highest BCUT2D eigenvalue weighted by Crippen LogP contribution is 2.24. The maximum atomic E-state index is 12.4. The van der Waals surface area contributed by atoms with E-state index in [0.29, 0.717) is 23.8 Å². The standard InChI is InChI=1S/C20H20N6O2S/c27-18(21-16-8-4-9-17(12-16)25-11-5-10-19(25)28)14-29-20-22-23-24-26(20)13-15-6-2-1-3-7-15/h1-4,6-9,12H,5,10-11,13-14H2,(H,21,27). The van der Waals surface area contributed by atoms with Crippen molar-refractivity contribution in [2.24, 2.45) is 0 Å². The third-order valence-electron chi connectivity index (χ3n) is 4.52. The lowest BCUT2D eigenvalue weighted by Crippen LogP contribution is -2.23. The van der Waals surface area contributed by atoms with Crippen molar-refractivity contribution >= 4 is 35.0 Å². The van der Waals surface area contributed by atoms with Crippen LogP contribution >= 0.6 is 11.8 Å². The van der Waals surface area contributed by atoms with Crippen LogP contribution in [0.2, 0.25) is 0 Å². The largest absolute Gasteiger partial charge is 0.325 e. The number of amides is 2. The second-order valence-corrected chi connectivity index (χ2v) is 7.58. The summed E-state index contributed by atoms with van der Waals surface area (Å²) in [7, 11) is 0. The first kappa shape index (κ1) is 19.1. The molecule has 0 bridgehead atoms. The van der Waals surface area contributed by atoms with Gasteiger partial charge in [0.2, 0.25) is 17.0 Å². The van der Waals surface area contributed by atoms with Crippen LogP contribution in [-0.4, -0.2) is 44.3 Å². The van der Waals surface area contributed by atoms with Crippen molar-refractivity contribution in [3.8, 4) is 0 Å². The highest BCUT2D eigenvalue weighted by molar-refractivity contribution is 7.99. The number of nitrogens with one attached hydrogen (secondary N) is 1. The molecule has 0 spiro atoms. The molecule has 2 heterocycles. The molecule has 2 aromatic carbocycles. The summed E-state index contributed by atoms with van der Waals surface area (Å²) in [6, 6.07) is 17.2. The SMILES string of the molecule is O=C(CSc1nnnn1Cc1ccccc1)Nc1cccc(N2CCCC2=O)c1. The minimum absolute atomic E-state index is 0.120. The molecule has 1 N–H and O–H groups in total. The van der Waals surface area contributed by atoms with Gasteiger partial charge in [0.25, 0.3) is 0 Å². The summed E-state index contributed by atoms with van der Waals surface area (Å²) in [6.07, 6.45) is 1.44. The highest BCUT2D eigenvalue weighted by atomic mass is 32.2. The molecule has 1 aromatic heterocycles. The first-order valence-corrected chi connectivity index (χ1v) is 10.3. The van der Waals surface area contributed by atoms with Gasteiger partial charge in [0.15, 0.2) is 0 Å². The number of rotatable bonds is 7. The predicted molar refractivity (Wildman–Crippen MR) is 111 cm³/mol. The minimum atomic E-state index is -0.158. The summed E-state index contributed by atoms with van der Waals surface area (Å²) in [5, 5.41) is 15.2. The van der Waals surface area contributed by atoms with Gasteiger partial charge >= 0.3 is 0 Å². The lowest BCUT2D eigenvalue weighted by Gasteiger charge is -2.16. The molecule has 1 aliphatic rings. The van der Waals surface area contributed by atoms with Crippen molar-refractivity contribution in [3.63, 3.8) is 0 Å². The van der Waals surface area contributed by atoms with Crippen molar-refractivity contribution in [1.29, 1.82) is 0 Å². The Balaban J connectivity index is 1.34. The molecule has 1 saturated heterocycles. The Morgan fingerprint density at radius 2 is 2.00 bits per heavy atom. The summed E-state index contributed by atoms with van der Waals surface area (Å²) in [4.78, 5) is 26.1. The molecule has 1 aliphatic heterocycles. The fourth-order valence-electron chi connectivity index (χ4n) is 3.16. The topological polar surface area (TPSA) is 93.0 Å². The van der Waals surface area contributed by atoms with E-state index in [1.54, 1.807) is 9.58 Å². The molecule has 0 unspecified atom stereocenters. The smallest absolute Gasteiger partial charge is 0.234 e. The van der Waals surface area contributed by atoms with Gasteiger partial charge in [0, 0.05) is 24.3 Å². The van der Waals surface area contributed by atoms with Gasteiger partial charge in [-0.05, 0) is 40.6 Å². The summed E-state index contributed by atoms with van der Waals surface area (Å²) in [6.45, 7) is 1.26. The van der Waals surface area contributed by atoms with E-state index >= 15 is 0 Å². The average Bonchev–Trinajstić information content (AvgIpc) is 3.36. The van der Waals surface area contributed by atoms with E-state index in [2.05, 4.69) is 20.8 Å². The van der Waals surface area contributed by atoms with E-state index in [4.69, 9.17) is 0 Å². The van der Waals surface area contributed by atoms with Crippen molar-refractivity contribution in [2.75, 3.05) is 22.5 Å². The van der Waals surface area contributed by atoms with Gasteiger partial charge in [-0.25, -0.2) is 4.68 Å². The third kappa shape index (κ3) is 4.80. The molecule has 0 radical (unpaired) electrons. The molecule has 0 atom stereocenters. The van der Waals surface area contributed by atoms with E-state index in [1.807, 2.05) is 54.6 Å². The lowest BCUT2D eigenvalue weighted by molar-refractivity contribution is -0.117. The first-order valence-electron chi connectivity index (χ1n) is 9.32. The molecule has 4 rings (SSSR count). The number of hydrogen-bond acceptors (Lipinski definition) is 6. The Morgan fingerprint density at radius 3 is 2.79 bits per heavy atom. The number of carbonyl (C=O) groups is 2. The van der Waals surface area contributed by atoms with E-state index in [1.165, 1.54) is 11.8 Å². The highest BCUT2D eigenvalue weighted by Gasteiger charge is 2.21. The van der Waals surface area contributed by atoms with E-state index in [0.717, 1.165) is 24.2 Å². The third-order valence-corrected chi connectivity index (χ3v) is 5.48. The zero-order valence-electron chi connectivity index (χ0n) is 15.7. The molecule has 0 saturated carbocycles. The molecular formula is C20H20N6O2S.